The summed E-state index contributed by atoms with van der Waals surface area (Å²) < 4.78 is 11.3. The van der Waals surface area contributed by atoms with E-state index in [0.29, 0.717) is 17.7 Å². The number of aryl methyl sites for hydroxylation is 1. The fraction of sp³-hybridized carbons (Fsp3) is 0.250. The highest BCUT2D eigenvalue weighted by atomic mass is 32.2. The maximum Gasteiger partial charge on any atom is 0.277 e. The van der Waals surface area contributed by atoms with Crippen LogP contribution in [0.15, 0.2) is 58.2 Å². The average molecular weight is 381 g/mol. The second-order valence-corrected chi connectivity index (χ2v) is 7.25. The molecule has 138 valence electrons. The topological polar surface area (TPSA) is 77.2 Å². The number of fused-ring (bicyclic) bond motifs is 1. The minimum absolute atomic E-state index is 0.0335. The lowest BCUT2D eigenvalue weighted by atomic mass is 10.0. The molecule has 2 heterocycles. The fourth-order valence-corrected chi connectivity index (χ4v) is 3.51. The second kappa shape index (κ2) is 7.84. The monoisotopic (exact) mass is 381 g/mol. The van der Waals surface area contributed by atoms with Crippen LogP contribution in [0.3, 0.4) is 0 Å². The quantitative estimate of drug-likeness (QED) is 0.678. The van der Waals surface area contributed by atoms with Crippen molar-refractivity contribution in [3.63, 3.8) is 0 Å². The number of carbonyl (C=O) groups is 1. The van der Waals surface area contributed by atoms with Gasteiger partial charge in [-0.2, -0.15) is 0 Å². The number of para-hydroxylation sites is 1. The third-order valence-electron chi connectivity index (χ3n) is 4.33. The van der Waals surface area contributed by atoms with Crippen molar-refractivity contribution in [1.82, 2.24) is 15.5 Å². The molecular formula is C20H19N3O3S. The molecule has 1 atom stereocenters. The molecule has 0 saturated heterocycles. The van der Waals surface area contributed by atoms with Crippen LogP contribution < -0.4 is 10.1 Å². The van der Waals surface area contributed by atoms with Crippen LogP contribution >= 0.6 is 11.8 Å². The zero-order valence-electron chi connectivity index (χ0n) is 14.8. The van der Waals surface area contributed by atoms with Crippen LogP contribution in [0.4, 0.5) is 0 Å². The number of nitrogens with one attached hydrogen (secondary N) is 1. The number of thioether (sulfide) groups is 1. The summed E-state index contributed by atoms with van der Waals surface area (Å²) in [6, 6.07) is 15.6. The smallest absolute Gasteiger partial charge is 0.277 e. The van der Waals surface area contributed by atoms with Gasteiger partial charge in [0.1, 0.15) is 5.75 Å². The summed E-state index contributed by atoms with van der Waals surface area (Å²) in [4.78, 5) is 12.3. The van der Waals surface area contributed by atoms with E-state index in [1.54, 1.807) is 0 Å². The molecule has 1 aliphatic rings. The van der Waals surface area contributed by atoms with Gasteiger partial charge in [0.25, 0.3) is 5.22 Å². The van der Waals surface area contributed by atoms with Gasteiger partial charge in [0.2, 0.25) is 11.8 Å². The van der Waals surface area contributed by atoms with E-state index in [1.807, 2.05) is 55.5 Å². The van der Waals surface area contributed by atoms with E-state index in [9.17, 15) is 4.79 Å². The number of ether oxygens (including phenoxy) is 1. The molecule has 0 spiro atoms. The summed E-state index contributed by atoms with van der Waals surface area (Å²) in [5.41, 5.74) is 3.05. The van der Waals surface area contributed by atoms with Crippen LogP contribution in [-0.4, -0.2) is 28.5 Å². The van der Waals surface area contributed by atoms with Crippen molar-refractivity contribution in [3.05, 3.63) is 59.7 Å². The van der Waals surface area contributed by atoms with Gasteiger partial charge >= 0.3 is 0 Å². The van der Waals surface area contributed by atoms with Crippen LogP contribution in [-0.2, 0) is 4.79 Å². The van der Waals surface area contributed by atoms with Crippen molar-refractivity contribution in [2.45, 2.75) is 24.6 Å². The lowest BCUT2D eigenvalue weighted by Crippen LogP contribution is -2.33. The van der Waals surface area contributed by atoms with Gasteiger partial charge in [-0.05, 0) is 25.1 Å². The maximum absolute atomic E-state index is 12.3. The first kappa shape index (κ1) is 17.6. The third-order valence-corrected chi connectivity index (χ3v) is 5.14. The molecule has 1 aromatic heterocycles. The first-order chi connectivity index (χ1) is 13.2. The van der Waals surface area contributed by atoms with Gasteiger partial charge in [-0.1, -0.05) is 47.7 Å². The maximum atomic E-state index is 12.3. The lowest BCUT2D eigenvalue weighted by Gasteiger charge is -2.26. The highest BCUT2D eigenvalue weighted by Gasteiger charge is 2.22. The largest absolute Gasteiger partial charge is 0.493 e. The number of hydrogen-bond donors (Lipinski definition) is 1. The van der Waals surface area contributed by atoms with E-state index in [2.05, 4.69) is 15.5 Å². The Morgan fingerprint density at radius 3 is 2.85 bits per heavy atom. The van der Waals surface area contributed by atoms with Crippen molar-refractivity contribution in [2.24, 2.45) is 0 Å². The second-order valence-electron chi connectivity index (χ2n) is 6.32. The average Bonchev–Trinajstić information content (AvgIpc) is 3.16. The van der Waals surface area contributed by atoms with Crippen molar-refractivity contribution in [2.75, 3.05) is 12.4 Å². The molecule has 27 heavy (non-hydrogen) atoms. The first-order valence-electron chi connectivity index (χ1n) is 8.73. The molecule has 1 N–H and O–H groups in total. The standard InChI is InChI=1S/C20H19N3O3S/c1-13-6-8-14(9-7-13)19-22-23-20(26-19)27-12-18(24)21-16-10-11-25-17-5-3-2-4-15(16)17/h2-9,16H,10-12H2,1H3,(H,21,24). The highest BCUT2D eigenvalue weighted by molar-refractivity contribution is 7.99. The van der Waals surface area contributed by atoms with Gasteiger partial charge in [0.15, 0.2) is 0 Å². The predicted molar refractivity (Wildman–Crippen MR) is 103 cm³/mol. The molecular weight excluding hydrogens is 362 g/mol. The number of carbonyl (C=O) groups excluding carboxylic acids is 1. The molecule has 0 saturated carbocycles. The summed E-state index contributed by atoms with van der Waals surface area (Å²) in [7, 11) is 0. The lowest BCUT2D eigenvalue weighted by molar-refractivity contribution is -0.119. The van der Waals surface area contributed by atoms with E-state index in [0.717, 1.165) is 23.3 Å². The Bertz CT molecular complexity index is 940. The van der Waals surface area contributed by atoms with Crippen molar-refractivity contribution in [3.8, 4) is 17.2 Å². The molecule has 3 aromatic rings. The van der Waals surface area contributed by atoms with Crippen LogP contribution in [0.25, 0.3) is 11.5 Å². The van der Waals surface area contributed by atoms with Gasteiger partial charge in [0, 0.05) is 17.5 Å². The number of aromatic nitrogens is 2. The Kier molecular flexibility index (Phi) is 5.11. The number of hydrogen-bond acceptors (Lipinski definition) is 6. The minimum Gasteiger partial charge on any atom is -0.493 e. The van der Waals surface area contributed by atoms with E-state index >= 15 is 0 Å². The van der Waals surface area contributed by atoms with E-state index in [4.69, 9.17) is 9.15 Å². The van der Waals surface area contributed by atoms with Crippen molar-refractivity contribution in [1.29, 1.82) is 0 Å². The molecule has 1 amide bonds. The molecule has 6 nitrogen and oxygen atoms in total. The molecule has 0 fully saturated rings. The number of amides is 1. The molecule has 0 bridgehead atoms. The van der Waals surface area contributed by atoms with Crippen LogP contribution in [0.2, 0.25) is 0 Å². The van der Waals surface area contributed by atoms with Crippen LogP contribution in [0.5, 0.6) is 5.75 Å². The summed E-state index contributed by atoms with van der Waals surface area (Å²) in [6.07, 6.45) is 0.756. The van der Waals surface area contributed by atoms with Gasteiger partial charge in [-0.3, -0.25) is 4.79 Å². The Hall–Kier alpha value is -2.80. The normalized spacial score (nSPS) is 15.7. The summed E-state index contributed by atoms with van der Waals surface area (Å²) in [5.74, 6) is 1.43. The molecule has 4 rings (SSSR count). The third kappa shape index (κ3) is 4.14. The summed E-state index contributed by atoms with van der Waals surface area (Å²) in [5, 5.41) is 11.5. The number of benzene rings is 2. The van der Waals surface area contributed by atoms with Crippen LogP contribution in [0.1, 0.15) is 23.6 Å². The molecule has 7 heteroatoms. The Labute approximate surface area is 161 Å². The van der Waals surface area contributed by atoms with Gasteiger partial charge < -0.3 is 14.5 Å². The Morgan fingerprint density at radius 2 is 2.00 bits per heavy atom. The molecule has 0 radical (unpaired) electrons. The van der Waals surface area contributed by atoms with E-state index in [1.165, 1.54) is 17.3 Å². The molecule has 2 aromatic carbocycles. The van der Waals surface area contributed by atoms with Gasteiger partial charge in [-0.15, -0.1) is 10.2 Å². The van der Waals surface area contributed by atoms with Crippen LogP contribution in [0, 0.1) is 6.92 Å². The number of nitrogens with zero attached hydrogens (tertiary/aromatic N) is 2. The first-order valence-corrected chi connectivity index (χ1v) is 9.72. The zero-order chi connectivity index (χ0) is 18.6. The van der Waals surface area contributed by atoms with Crippen molar-refractivity contribution >= 4 is 17.7 Å². The molecule has 1 unspecified atom stereocenters. The molecule has 0 aliphatic carbocycles. The Balaban J connectivity index is 1.34. The zero-order valence-corrected chi connectivity index (χ0v) is 15.7. The van der Waals surface area contributed by atoms with Gasteiger partial charge in [-0.25, -0.2) is 0 Å². The summed E-state index contributed by atoms with van der Waals surface area (Å²) in [6.45, 7) is 2.62. The van der Waals surface area contributed by atoms with E-state index < -0.39 is 0 Å². The number of rotatable bonds is 5. The predicted octanol–water partition coefficient (Wildman–Crippen LogP) is 3.78. The fourth-order valence-electron chi connectivity index (χ4n) is 2.94. The SMILES string of the molecule is Cc1ccc(-c2nnc(SCC(=O)NC3CCOc4ccccc43)o2)cc1. The highest BCUT2D eigenvalue weighted by Crippen LogP contribution is 2.31. The molecule has 1 aliphatic heterocycles. The van der Waals surface area contributed by atoms with E-state index in [-0.39, 0.29) is 17.7 Å². The summed E-state index contributed by atoms with van der Waals surface area (Å²) >= 11 is 1.23. The van der Waals surface area contributed by atoms with Crippen molar-refractivity contribution < 1.29 is 13.9 Å². The Morgan fingerprint density at radius 1 is 1.19 bits per heavy atom. The minimum atomic E-state index is -0.0724. The van der Waals surface area contributed by atoms with Gasteiger partial charge in [0.05, 0.1) is 18.4 Å².